The summed E-state index contributed by atoms with van der Waals surface area (Å²) in [4.78, 5) is 61.8. The number of nitrogens with one attached hydrogen (secondary N) is 1. The number of halogens is 1. The van der Waals surface area contributed by atoms with Gasteiger partial charge in [-0.3, -0.25) is 24.1 Å². The van der Waals surface area contributed by atoms with Gasteiger partial charge in [-0.15, -0.1) is 0 Å². The van der Waals surface area contributed by atoms with E-state index in [9.17, 15) is 19.5 Å². The Morgan fingerprint density at radius 3 is 2.13 bits per heavy atom. The van der Waals surface area contributed by atoms with Crippen LogP contribution in [-0.4, -0.2) is 35.8 Å². The Morgan fingerprint density at radius 2 is 1.44 bits per heavy atom. The molecular formula is C45H36ClN3O6. The predicted octanol–water partition coefficient (Wildman–Crippen LogP) is 8.16. The highest BCUT2D eigenvalue weighted by atomic mass is 35.5. The quantitative estimate of drug-likeness (QED) is 0.127. The minimum absolute atomic E-state index is 0.108. The number of imide groups is 2. The van der Waals surface area contributed by atoms with E-state index in [0.717, 1.165) is 16.9 Å². The van der Waals surface area contributed by atoms with Crippen LogP contribution in [0.5, 0.6) is 11.5 Å². The second-order valence-electron chi connectivity index (χ2n) is 14.6. The van der Waals surface area contributed by atoms with Crippen LogP contribution < -0.4 is 19.9 Å². The maximum Gasteiger partial charge on any atom is 0.246 e. The number of carbonyl (C=O) groups is 4. The van der Waals surface area contributed by atoms with Crippen molar-refractivity contribution in [2.45, 2.75) is 24.2 Å². The molecule has 2 saturated heterocycles. The number of para-hydroxylation sites is 1. The van der Waals surface area contributed by atoms with Gasteiger partial charge in [-0.25, -0.2) is 4.90 Å². The summed E-state index contributed by atoms with van der Waals surface area (Å²) in [6.07, 6.45) is 2.38. The number of methoxy groups -OCH3 is 1. The first-order valence-electron chi connectivity index (χ1n) is 18.3. The number of amides is 4. The minimum Gasteiger partial charge on any atom is -0.508 e. The Hall–Kier alpha value is -6.19. The minimum atomic E-state index is -1.51. The molecule has 274 valence electrons. The van der Waals surface area contributed by atoms with Gasteiger partial charge in [0.2, 0.25) is 23.6 Å². The van der Waals surface area contributed by atoms with Crippen molar-refractivity contribution < 1.29 is 29.0 Å². The Kier molecular flexibility index (Phi) is 8.35. The third-order valence-corrected chi connectivity index (χ3v) is 12.1. The topological polar surface area (TPSA) is 116 Å². The number of aromatic hydroxyl groups is 1. The number of anilines is 4. The van der Waals surface area contributed by atoms with Gasteiger partial charge in [-0.1, -0.05) is 83.9 Å². The van der Waals surface area contributed by atoms with Gasteiger partial charge in [0.1, 0.15) is 11.5 Å². The van der Waals surface area contributed by atoms with Crippen molar-refractivity contribution in [3.8, 4) is 11.5 Å². The molecule has 0 aromatic heterocycles. The van der Waals surface area contributed by atoms with Gasteiger partial charge in [0.25, 0.3) is 0 Å². The second kappa shape index (κ2) is 13.3. The summed E-state index contributed by atoms with van der Waals surface area (Å²) < 4.78 is 5.43. The molecule has 2 N–H and O–H groups in total. The first kappa shape index (κ1) is 34.6. The summed E-state index contributed by atoms with van der Waals surface area (Å²) in [7, 11) is 1.50. The SMILES string of the molecule is COc1ccc([C@H]2C3=CC[C@@H]4C(=O)N(c5ccc(Nc6ccccc6)cc5)C(=O)[C@@H]4[C@@H]3C[C@H]3C(=O)N(c4cccc(Cl)c4)C(=O)[C@@]23c2ccccc2)c(O)c1. The highest BCUT2D eigenvalue weighted by Crippen LogP contribution is 2.65. The lowest BCUT2D eigenvalue weighted by atomic mass is 9.49. The fraction of sp³-hybridized carbons (Fsp3) is 0.200. The van der Waals surface area contributed by atoms with E-state index in [1.54, 1.807) is 48.5 Å². The third-order valence-electron chi connectivity index (χ3n) is 11.9. The molecule has 4 aliphatic rings. The van der Waals surface area contributed by atoms with Gasteiger partial charge in [0.05, 0.1) is 41.7 Å². The normalized spacial score (nSPS) is 25.6. The summed E-state index contributed by atoms with van der Waals surface area (Å²) in [6, 6.07) is 37.7. The lowest BCUT2D eigenvalue weighted by Crippen LogP contribution is -2.53. The molecule has 1 saturated carbocycles. The molecule has 10 heteroatoms. The molecule has 6 atom stereocenters. The Bertz CT molecular complexity index is 2400. The smallest absolute Gasteiger partial charge is 0.246 e. The zero-order valence-electron chi connectivity index (χ0n) is 29.8. The standard InChI is InChI=1S/C45H36ClN3O6/c1-55-32-19-20-34(38(50)24-32)40-33-21-22-35-39(43(53)48(41(35)51)30-17-15-29(16-18-30)47-28-12-6-3-7-13-28)36(33)25-37-42(52)49(31-14-8-11-27(46)23-31)44(54)45(37,40)26-9-4-2-5-10-26/h2-21,23-24,35-37,39-40,47,50H,22,25H2,1H3/t35-,36+,37-,39-,40+,45+/m0/s1. The average Bonchev–Trinajstić information content (AvgIpc) is 3.59. The number of allylic oxidation sites excluding steroid dienone is 2. The number of rotatable bonds is 7. The van der Waals surface area contributed by atoms with Crippen LogP contribution in [0.2, 0.25) is 5.02 Å². The Balaban J connectivity index is 1.17. The van der Waals surface area contributed by atoms with Crippen molar-refractivity contribution in [3.63, 3.8) is 0 Å². The van der Waals surface area contributed by atoms with Crippen LogP contribution in [0.25, 0.3) is 0 Å². The molecule has 3 fully saturated rings. The Labute approximate surface area is 322 Å². The van der Waals surface area contributed by atoms with E-state index in [1.165, 1.54) is 23.0 Å². The molecule has 55 heavy (non-hydrogen) atoms. The number of fused-ring (bicyclic) bond motifs is 4. The van der Waals surface area contributed by atoms with Crippen LogP contribution in [0.1, 0.15) is 29.9 Å². The maximum absolute atomic E-state index is 15.4. The highest BCUT2D eigenvalue weighted by molar-refractivity contribution is 6.32. The fourth-order valence-electron chi connectivity index (χ4n) is 9.62. The second-order valence-corrected chi connectivity index (χ2v) is 15.0. The van der Waals surface area contributed by atoms with Gasteiger partial charge in [-0.2, -0.15) is 0 Å². The molecule has 2 aliphatic heterocycles. The number of hydrogen-bond acceptors (Lipinski definition) is 7. The number of phenols is 1. The van der Waals surface area contributed by atoms with Gasteiger partial charge < -0.3 is 15.2 Å². The van der Waals surface area contributed by atoms with Crippen LogP contribution in [0, 0.1) is 23.7 Å². The summed E-state index contributed by atoms with van der Waals surface area (Å²) in [6.45, 7) is 0. The summed E-state index contributed by atoms with van der Waals surface area (Å²) >= 11 is 6.42. The predicted molar refractivity (Wildman–Crippen MR) is 209 cm³/mol. The summed E-state index contributed by atoms with van der Waals surface area (Å²) in [5, 5.41) is 15.4. The van der Waals surface area contributed by atoms with E-state index in [4.69, 9.17) is 16.3 Å². The van der Waals surface area contributed by atoms with E-state index in [1.807, 2.05) is 78.9 Å². The third kappa shape index (κ3) is 5.28. The van der Waals surface area contributed by atoms with Crippen LogP contribution in [0.15, 0.2) is 139 Å². The number of phenolic OH excluding ortho intramolecular Hbond substituents is 1. The molecule has 9 rings (SSSR count). The van der Waals surface area contributed by atoms with E-state index in [0.29, 0.717) is 33.3 Å². The van der Waals surface area contributed by atoms with Gasteiger partial charge >= 0.3 is 0 Å². The number of nitrogens with zero attached hydrogens (tertiary/aromatic N) is 2. The first-order chi connectivity index (χ1) is 26.7. The molecule has 2 heterocycles. The Morgan fingerprint density at radius 1 is 0.727 bits per heavy atom. The first-order valence-corrected chi connectivity index (χ1v) is 18.7. The average molecular weight is 750 g/mol. The van der Waals surface area contributed by atoms with Gasteiger partial charge in [0, 0.05) is 33.9 Å². The van der Waals surface area contributed by atoms with E-state index < -0.39 is 46.8 Å². The summed E-state index contributed by atoms with van der Waals surface area (Å²) in [5.41, 5.74) is 2.79. The molecule has 0 unspecified atom stereocenters. The summed E-state index contributed by atoms with van der Waals surface area (Å²) in [5.74, 6) is -5.04. The zero-order chi connectivity index (χ0) is 38.0. The maximum atomic E-state index is 15.4. The van der Waals surface area contributed by atoms with Crippen LogP contribution >= 0.6 is 11.6 Å². The van der Waals surface area contributed by atoms with E-state index >= 15 is 4.79 Å². The molecule has 5 aromatic carbocycles. The fourth-order valence-corrected chi connectivity index (χ4v) is 9.80. The molecule has 0 spiro atoms. The van der Waals surface area contributed by atoms with E-state index in [2.05, 4.69) is 5.32 Å². The van der Waals surface area contributed by atoms with Gasteiger partial charge in [-0.05, 0) is 85.0 Å². The van der Waals surface area contributed by atoms with Crippen molar-refractivity contribution in [2.24, 2.45) is 23.7 Å². The van der Waals surface area contributed by atoms with Crippen molar-refractivity contribution in [3.05, 3.63) is 155 Å². The lowest BCUT2D eigenvalue weighted by Gasteiger charge is -2.50. The highest BCUT2D eigenvalue weighted by Gasteiger charge is 2.70. The van der Waals surface area contributed by atoms with Crippen LogP contribution in [-0.2, 0) is 24.6 Å². The molecule has 2 aliphatic carbocycles. The lowest BCUT2D eigenvalue weighted by molar-refractivity contribution is -0.127. The molecule has 9 nitrogen and oxygen atoms in total. The van der Waals surface area contributed by atoms with Crippen molar-refractivity contribution in [1.82, 2.24) is 0 Å². The number of hydrogen-bond donors (Lipinski definition) is 2. The monoisotopic (exact) mass is 749 g/mol. The molecule has 0 bridgehead atoms. The number of benzene rings is 5. The number of carbonyl (C=O) groups excluding carboxylic acids is 4. The van der Waals surface area contributed by atoms with Crippen molar-refractivity contribution in [2.75, 3.05) is 22.2 Å². The molecule has 0 radical (unpaired) electrons. The van der Waals surface area contributed by atoms with Gasteiger partial charge in [0.15, 0.2) is 0 Å². The zero-order valence-corrected chi connectivity index (χ0v) is 30.5. The molecular weight excluding hydrogens is 714 g/mol. The van der Waals surface area contributed by atoms with Crippen LogP contribution in [0.3, 0.4) is 0 Å². The van der Waals surface area contributed by atoms with Crippen molar-refractivity contribution in [1.29, 1.82) is 0 Å². The van der Waals surface area contributed by atoms with E-state index in [-0.39, 0.29) is 30.4 Å². The number of ether oxygens (including phenoxy) is 1. The molecule has 4 amide bonds. The van der Waals surface area contributed by atoms with Crippen LogP contribution in [0.4, 0.5) is 22.7 Å². The largest absolute Gasteiger partial charge is 0.508 e. The van der Waals surface area contributed by atoms with Crippen molar-refractivity contribution >= 4 is 58.0 Å². The molecule has 5 aromatic rings.